The first-order valence-electron chi connectivity index (χ1n) is 26.1. The third-order valence-corrected chi connectivity index (χ3v) is 17.6. The monoisotopic (exact) mass is 915 g/mol. The molecule has 0 heterocycles. The predicted octanol–water partition coefficient (Wildman–Crippen LogP) is 17.9. The van der Waals surface area contributed by atoms with E-state index in [-0.39, 0.29) is 10.8 Å². The van der Waals surface area contributed by atoms with Crippen molar-refractivity contribution in [1.29, 1.82) is 0 Å². The van der Waals surface area contributed by atoms with Gasteiger partial charge in [0.2, 0.25) is 0 Å². The van der Waals surface area contributed by atoms with Crippen molar-refractivity contribution < 1.29 is 0 Å². The fourth-order valence-corrected chi connectivity index (χ4v) is 14.7. The van der Waals surface area contributed by atoms with Crippen molar-refractivity contribution in [3.05, 3.63) is 291 Å². The quantitative estimate of drug-likeness (QED) is 0.166. The summed E-state index contributed by atoms with van der Waals surface area (Å²) in [4.78, 5) is 2.59. The Balaban J connectivity index is 0.00000243. The summed E-state index contributed by atoms with van der Waals surface area (Å²) >= 11 is 0. The summed E-state index contributed by atoms with van der Waals surface area (Å²) in [5.41, 5.74) is 24.5. The molecule has 0 bridgehead atoms. The van der Waals surface area contributed by atoms with Gasteiger partial charge in [-0.3, -0.25) is 0 Å². The molecule has 0 saturated carbocycles. The second-order valence-corrected chi connectivity index (χ2v) is 21.4. The molecule has 0 radical (unpaired) electrons. The molecule has 8 aromatic rings. The molecule has 1 heteroatoms. The van der Waals surface area contributed by atoms with E-state index in [1.165, 1.54) is 94.8 Å². The number of anilines is 3. The topological polar surface area (TPSA) is 3.24 Å². The van der Waals surface area contributed by atoms with Crippen LogP contribution < -0.4 is 4.90 Å². The smallest absolute Gasteiger partial charge is 0.0713 e. The Morgan fingerprint density at radius 2 is 0.958 bits per heavy atom. The van der Waals surface area contributed by atoms with Crippen LogP contribution >= 0.6 is 0 Å². The third kappa shape index (κ3) is 5.81. The standard InChI is InChI=1S/C68H55N.C2H6/c1-65(2)55-28-14-11-25-49(55)52-38-35-47(42-63(52)65)69(46-37-40-58-54(41-46)51-27-13-15-29-56(51)67(58,44-21-7-5-8-22-44)45-23-9-6-10-24-45)48-36-39-53-50-26-12-16-30-57(50)68(64(53)43-48)61-33-19-17-31-59(61)66(3,4)60-32-18-20-34-62(60)68;1-2/h5-19,21-33,35-43,49,55H,20,34H2,1-4H3;1-2H3. The van der Waals surface area contributed by atoms with Crippen LogP contribution in [0.25, 0.3) is 22.3 Å². The minimum Gasteiger partial charge on any atom is -0.310 e. The number of hydrogen-bond acceptors (Lipinski definition) is 1. The first-order chi connectivity index (χ1) is 34.7. The highest BCUT2D eigenvalue weighted by Crippen LogP contribution is 2.65. The van der Waals surface area contributed by atoms with Crippen molar-refractivity contribution in [3.8, 4) is 22.3 Å². The van der Waals surface area contributed by atoms with Gasteiger partial charge in [-0.25, -0.2) is 0 Å². The van der Waals surface area contributed by atoms with Crippen LogP contribution in [0.3, 0.4) is 0 Å². The van der Waals surface area contributed by atoms with Crippen LogP contribution in [0.5, 0.6) is 0 Å². The lowest BCUT2D eigenvalue weighted by atomic mass is 9.54. The van der Waals surface area contributed by atoms with Crippen LogP contribution in [0.4, 0.5) is 17.1 Å². The molecule has 1 spiro atoms. The number of nitrogens with zero attached hydrogens (tertiary/aromatic N) is 1. The van der Waals surface area contributed by atoms with Gasteiger partial charge in [-0.1, -0.05) is 230 Å². The average molecular weight is 916 g/mol. The van der Waals surface area contributed by atoms with Gasteiger partial charge in [0, 0.05) is 28.4 Å². The van der Waals surface area contributed by atoms with Crippen molar-refractivity contribution in [2.45, 2.75) is 82.0 Å². The van der Waals surface area contributed by atoms with E-state index in [2.05, 4.69) is 257 Å². The lowest BCUT2D eigenvalue weighted by molar-refractivity contribution is 0.394. The number of allylic oxidation sites excluding steroid dienone is 8. The van der Waals surface area contributed by atoms with Crippen LogP contribution in [-0.2, 0) is 21.7 Å². The molecule has 14 rings (SSSR count). The fourth-order valence-electron chi connectivity index (χ4n) is 14.7. The van der Waals surface area contributed by atoms with E-state index in [1.807, 2.05) is 13.8 Å². The first-order valence-corrected chi connectivity index (χ1v) is 26.1. The minimum absolute atomic E-state index is 0.0373. The molecule has 6 aliphatic carbocycles. The Morgan fingerprint density at radius 3 is 1.66 bits per heavy atom. The highest BCUT2D eigenvalue weighted by Gasteiger charge is 2.55. The highest BCUT2D eigenvalue weighted by atomic mass is 15.1. The zero-order valence-corrected chi connectivity index (χ0v) is 41.9. The second kappa shape index (κ2) is 16.0. The lowest BCUT2D eigenvalue weighted by Gasteiger charge is -2.48. The number of benzene rings is 8. The summed E-state index contributed by atoms with van der Waals surface area (Å²) in [7, 11) is 0. The summed E-state index contributed by atoms with van der Waals surface area (Å²) < 4.78 is 0. The Kier molecular flexibility index (Phi) is 9.82. The van der Waals surface area contributed by atoms with Gasteiger partial charge in [0.15, 0.2) is 0 Å². The molecular weight excluding hydrogens is 855 g/mol. The minimum atomic E-state index is -0.472. The maximum absolute atomic E-state index is 2.59. The Labute approximate surface area is 421 Å². The summed E-state index contributed by atoms with van der Waals surface area (Å²) in [5, 5.41) is 0. The van der Waals surface area contributed by atoms with Crippen molar-refractivity contribution in [2.24, 2.45) is 5.92 Å². The van der Waals surface area contributed by atoms with Crippen LogP contribution in [0, 0.1) is 5.92 Å². The van der Waals surface area contributed by atoms with Crippen molar-refractivity contribution >= 4 is 17.1 Å². The van der Waals surface area contributed by atoms with Crippen molar-refractivity contribution in [2.75, 3.05) is 4.90 Å². The van der Waals surface area contributed by atoms with Crippen LogP contribution in [0.15, 0.2) is 236 Å². The maximum atomic E-state index is 2.59. The van der Waals surface area contributed by atoms with E-state index in [0.717, 1.165) is 18.5 Å². The van der Waals surface area contributed by atoms with E-state index < -0.39 is 10.8 Å². The maximum Gasteiger partial charge on any atom is 0.0713 e. The summed E-state index contributed by atoms with van der Waals surface area (Å²) in [6.45, 7) is 13.8. The fraction of sp³-hybridized carbons (Fsp3) is 0.200. The summed E-state index contributed by atoms with van der Waals surface area (Å²) in [6, 6.07) is 72.4. The molecule has 346 valence electrons. The molecule has 3 atom stereocenters. The van der Waals surface area contributed by atoms with Gasteiger partial charge in [0.05, 0.1) is 10.8 Å². The molecule has 0 N–H and O–H groups in total. The lowest BCUT2D eigenvalue weighted by Crippen LogP contribution is -2.41. The van der Waals surface area contributed by atoms with Gasteiger partial charge < -0.3 is 4.90 Å². The van der Waals surface area contributed by atoms with Gasteiger partial charge >= 0.3 is 0 Å². The molecule has 71 heavy (non-hydrogen) atoms. The molecule has 0 fully saturated rings. The molecule has 0 aliphatic heterocycles. The molecule has 0 aromatic heterocycles. The van der Waals surface area contributed by atoms with Gasteiger partial charge in [0.25, 0.3) is 0 Å². The second-order valence-electron chi connectivity index (χ2n) is 21.4. The van der Waals surface area contributed by atoms with Crippen molar-refractivity contribution in [3.63, 3.8) is 0 Å². The molecule has 0 amide bonds. The normalized spacial score (nSPS) is 21.2. The van der Waals surface area contributed by atoms with E-state index in [0.29, 0.717) is 11.8 Å². The molecular formula is C70H61N. The summed E-state index contributed by atoms with van der Waals surface area (Å²) in [5.74, 6) is 0.798. The zero-order chi connectivity index (χ0) is 48.3. The van der Waals surface area contributed by atoms with E-state index in [4.69, 9.17) is 0 Å². The average Bonchev–Trinajstić information content (AvgIpc) is 3.98. The third-order valence-electron chi connectivity index (χ3n) is 17.6. The van der Waals surface area contributed by atoms with Gasteiger partial charge in [0.1, 0.15) is 0 Å². The Hall–Kier alpha value is -7.48. The zero-order valence-electron chi connectivity index (χ0n) is 41.9. The molecule has 3 unspecified atom stereocenters. The van der Waals surface area contributed by atoms with Gasteiger partial charge in [-0.2, -0.15) is 0 Å². The Bertz CT molecular complexity index is 3540. The van der Waals surface area contributed by atoms with Gasteiger partial charge in [-0.05, 0) is 150 Å². The molecule has 0 saturated heterocycles. The molecule has 8 aromatic carbocycles. The first kappa shape index (κ1) is 43.5. The predicted molar refractivity (Wildman–Crippen MR) is 298 cm³/mol. The SMILES string of the molecule is CC.CC1(C)C2=C(CCC=C2)C2(c3ccccc3-c3ccc(N(c4ccc5c(c4)-c4ccccc4C5(c4ccccc4)c4ccccc4)c4ccc5c(c4)C(C)(C)C4C=CC=CC54)cc32)c2ccccc21. The van der Waals surface area contributed by atoms with E-state index in [1.54, 1.807) is 5.57 Å². The summed E-state index contributed by atoms with van der Waals surface area (Å²) in [6.07, 6.45) is 16.3. The number of rotatable bonds is 5. The van der Waals surface area contributed by atoms with Crippen LogP contribution in [0.1, 0.15) is 116 Å². The van der Waals surface area contributed by atoms with Crippen LogP contribution in [-0.4, -0.2) is 0 Å². The van der Waals surface area contributed by atoms with Crippen molar-refractivity contribution in [1.82, 2.24) is 0 Å². The van der Waals surface area contributed by atoms with Gasteiger partial charge in [-0.15, -0.1) is 0 Å². The number of hydrogen-bond donors (Lipinski definition) is 0. The highest BCUT2D eigenvalue weighted by molar-refractivity contribution is 5.93. The number of fused-ring (bicyclic) bond motifs is 14. The largest absolute Gasteiger partial charge is 0.310 e. The van der Waals surface area contributed by atoms with Crippen LogP contribution in [0.2, 0.25) is 0 Å². The Morgan fingerprint density at radius 1 is 0.437 bits per heavy atom. The van der Waals surface area contributed by atoms with E-state index >= 15 is 0 Å². The van der Waals surface area contributed by atoms with E-state index in [9.17, 15) is 0 Å². The molecule has 1 nitrogen and oxygen atoms in total. The molecule has 6 aliphatic rings.